The molecule has 0 saturated carbocycles. The quantitative estimate of drug-likeness (QED) is 0.604. The predicted octanol–water partition coefficient (Wildman–Crippen LogP) is 1.35. The molecule has 0 saturated heterocycles. The van der Waals surface area contributed by atoms with E-state index in [1.807, 2.05) is 0 Å². The fraction of sp³-hybridized carbons (Fsp3) is 1.00. The second-order valence-electron chi connectivity index (χ2n) is 1.25. The monoisotopic (exact) mass is 265 g/mol. The summed E-state index contributed by atoms with van der Waals surface area (Å²) in [7, 11) is 0. The van der Waals surface area contributed by atoms with Crippen LogP contribution < -0.4 is 5.73 Å². The van der Waals surface area contributed by atoms with E-state index in [1.165, 1.54) is 10.9 Å². The summed E-state index contributed by atoms with van der Waals surface area (Å²) in [6.45, 7) is 0.898. The number of rotatable bonds is 3. The Bertz CT molecular complexity index is 26.0. The van der Waals surface area contributed by atoms with Crippen LogP contribution in [-0.2, 0) is 0 Å². The van der Waals surface area contributed by atoms with E-state index in [9.17, 15) is 0 Å². The van der Waals surface area contributed by atoms with E-state index in [1.54, 1.807) is 0 Å². The van der Waals surface area contributed by atoms with Crippen molar-refractivity contribution in [2.45, 2.75) is 15.8 Å². The first-order valence-electron chi connectivity index (χ1n) is 2.26. The van der Waals surface area contributed by atoms with Crippen LogP contribution in [0.4, 0.5) is 0 Å². The summed E-state index contributed by atoms with van der Waals surface area (Å²) in [6.07, 6.45) is 1.27. The summed E-state index contributed by atoms with van der Waals surface area (Å²) >= 11 is 0.110. The Morgan fingerprint density at radius 3 is 2.00 bits per heavy atom. The van der Waals surface area contributed by atoms with Crippen molar-refractivity contribution in [1.82, 2.24) is 0 Å². The number of hydrogen-bond acceptors (Lipinski definition) is 1. The van der Waals surface area contributed by atoms with Crippen LogP contribution in [0.25, 0.3) is 0 Å². The van der Waals surface area contributed by atoms with Crippen molar-refractivity contribution >= 4 is 46.0 Å². The van der Waals surface area contributed by atoms with Gasteiger partial charge in [0.15, 0.2) is 0 Å². The SMILES string of the molecule is Cl.Cl.[CH3][Sn][CH2]CCN. The van der Waals surface area contributed by atoms with E-state index in [0.717, 1.165) is 6.54 Å². The van der Waals surface area contributed by atoms with Gasteiger partial charge in [-0.2, -0.15) is 0 Å². The molecule has 8 heavy (non-hydrogen) atoms. The average molecular weight is 265 g/mol. The summed E-state index contributed by atoms with van der Waals surface area (Å²) in [5, 5.41) is 0. The molecule has 0 aliphatic rings. The molecule has 0 aromatic carbocycles. The second kappa shape index (κ2) is 15.8. The maximum absolute atomic E-state index is 5.24. The molecule has 0 aromatic rings. The molecule has 1 nitrogen and oxygen atoms in total. The number of halogens is 2. The number of nitrogens with two attached hydrogens (primary N) is 1. The van der Waals surface area contributed by atoms with Crippen molar-refractivity contribution in [3.05, 3.63) is 0 Å². The zero-order chi connectivity index (χ0) is 4.83. The molecule has 0 unspecified atom stereocenters. The first-order chi connectivity index (χ1) is 2.91. The van der Waals surface area contributed by atoms with Gasteiger partial charge < -0.3 is 0 Å². The predicted molar refractivity (Wildman–Crippen MR) is 44.6 cm³/mol. The Morgan fingerprint density at radius 1 is 1.38 bits per heavy atom. The molecule has 4 heteroatoms. The molecule has 0 spiro atoms. The number of hydrogen-bond donors (Lipinski definition) is 1. The van der Waals surface area contributed by atoms with Crippen LogP contribution in [-0.4, -0.2) is 27.7 Å². The first kappa shape index (κ1) is 16.2. The topological polar surface area (TPSA) is 26.0 Å². The molecule has 0 aromatic heterocycles. The van der Waals surface area contributed by atoms with Crippen molar-refractivity contribution in [2.24, 2.45) is 5.73 Å². The Balaban J connectivity index is -0.000000125. The Labute approximate surface area is 73.8 Å². The Kier molecular flexibility index (Phi) is 31.8. The average Bonchev–Trinajstić information content (AvgIpc) is 1.61. The molecule has 0 aliphatic heterocycles. The molecule has 0 amide bonds. The Morgan fingerprint density at radius 2 is 1.88 bits per heavy atom. The molecule has 0 fully saturated rings. The van der Waals surface area contributed by atoms with Crippen LogP contribution in [0.5, 0.6) is 0 Å². The van der Waals surface area contributed by atoms with Gasteiger partial charge in [0.1, 0.15) is 0 Å². The molecule has 0 bridgehead atoms. The molecule has 0 rings (SSSR count). The molecule has 2 N–H and O–H groups in total. The van der Waals surface area contributed by atoms with Gasteiger partial charge in [0.25, 0.3) is 0 Å². The van der Waals surface area contributed by atoms with Gasteiger partial charge in [0, 0.05) is 0 Å². The van der Waals surface area contributed by atoms with Crippen LogP contribution in [0, 0.1) is 0 Å². The molecule has 0 aliphatic carbocycles. The zero-order valence-electron chi connectivity index (χ0n) is 5.02. The van der Waals surface area contributed by atoms with Crippen molar-refractivity contribution < 1.29 is 0 Å². The summed E-state index contributed by atoms with van der Waals surface area (Å²) < 4.78 is 1.46. The van der Waals surface area contributed by atoms with E-state index >= 15 is 0 Å². The van der Waals surface area contributed by atoms with Crippen molar-refractivity contribution in [3.8, 4) is 0 Å². The van der Waals surface area contributed by atoms with E-state index in [-0.39, 0.29) is 46.0 Å². The van der Waals surface area contributed by atoms with Gasteiger partial charge >= 0.3 is 49.2 Å². The van der Waals surface area contributed by atoms with Crippen molar-refractivity contribution in [2.75, 3.05) is 6.54 Å². The van der Waals surface area contributed by atoms with E-state index in [4.69, 9.17) is 5.73 Å². The second-order valence-corrected chi connectivity index (χ2v) is 4.69. The van der Waals surface area contributed by atoms with E-state index in [2.05, 4.69) is 4.94 Å². The van der Waals surface area contributed by atoms with Gasteiger partial charge in [-0.05, 0) is 0 Å². The Hall–Kier alpha value is 1.34. The maximum atomic E-state index is 5.24. The van der Waals surface area contributed by atoms with Gasteiger partial charge in [0.2, 0.25) is 0 Å². The summed E-state index contributed by atoms with van der Waals surface area (Å²) in [4.78, 5) is 2.35. The van der Waals surface area contributed by atoms with E-state index in [0.29, 0.717) is 0 Å². The van der Waals surface area contributed by atoms with Gasteiger partial charge in [-0.1, -0.05) is 0 Å². The van der Waals surface area contributed by atoms with Crippen molar-refractivity contribution in [3.63, 3.8) is 0 Å². The first-order valence-corrected chi connectivity index (χ1v) is 7.13. The van der Waals surface area contributed by atoms with Gasteiger partial charge in [-0.3, -0.25) is 0 Å². The van der Waals surface area contributed by atoms with Crippen LogP contribution in [0.2, 0.25) is 9.38 Å². The molecule has 2 radical (unpaired) electrons. The van der Waals surface area contributed by atoms with Crippen LogP contribution in [0.1, 0.15) is 6.42 Å². The van der Waals surface area contributed by atoms with Gasteiger partial charge in [-0.25, -0.2) is 0 Å². The van der Waals surface area contributed by atoms with Gasteiger partial charge in [-0.15, -0.1) is 24.8 Å². The van der Waals surface area contributed by atoms with Crippen LogP contribution in [0.3, 0.4) is 0 Å². The molecule has 0 atom stereocenters. The van der Waals surface area contributed by atoms with Gasteiger partial charge in [0.05, 0.1) is 0 Å². The minimum absolute atomic E-state index is 0. The third-order valence-electron chi connectivity index (χ3n) is 0.631. The molecule has 0 heterocycles. The normalized spacial score (nSPS) is 6.75. The standard InChI is InChI=1S/C3H8N.CH3.2ClH.Sn/c1-2-3-4;;;;/h1-4H2;1H3;2*1H;. The van der Waals surface area contributed by atoms with Crippen molar-refractivity contribution in [1.29, 1.82) is 0 Å². The fourth-order valence-corrected chi connectivity index (χ4v) is 1.87. The molecule has 52 valence electrons. The third kappa shape index (κ3) is 15.7. The molecular weight excluding hydrogens is 252 g/mol. The fourth-order valence-electron chi connectivity index (χ4n) is 0.279. The van der Waals surface area contributed by atoms with Crippen LogP contribution >= 0.6 is 24.8 Å². The minimum atomic E-state index is 0. The van der Waals surface area contributed by atoms with E-state index < -0.39 is 0 Å². The third-order valence-corrected chi connectivity index (χ3v) is 3.07. The summed E-state index contributed by atoms with van der Waals surface area (Å²) in [5.74, 6) is 0. The zero-order valence-corrected chi connectivity index (χ0v) is 9.50. The molecular formula is C4H13Cl2NSn. The van der Waals surface area contributed by atoms with Crippen LogP contribution in [0.15, 0.2) is 0 Å². The summed E-state index contributed by atoms with van der Waals surface area (Å²) in [5.41, 5.74) is 5.24. The summed E-state index contributed by atoms with van der Waals surface area (Å²) in [6, 6.07) is 0.